The van der Waals surface area contributed by atoms with Crippen LogP contribution in [0.2, 0.25) is 0 Å². The zero-order valence-electron chi connectivity index (χ0n) is 15.7. The summed E-state index contributed by atoms with van der Waals surface area (Å²) in [7, 11) is 1.30. The van der Waals surface area contributed by atoms with Crippen LogP contribution in [0, 0.1) is 0 Å². The molecule has 0 radical (unpaired) electrons. The van der Waals surface area contributed by atoms with Crippen LogP contribution in [-0.4, -0.2) is 43.2 Å². The van der Waals surface area contributed by atoms with Gasteiger partial charge in [0.1, 0.15) is 6.04 Å². The molecule has 2 aromatic rings. The fourth-order valence-corrected chi connectivity index (χ4v) is 3.43. The average Bonchev–Trinajstić information content (AvgIpc) is 2.73. The molecule has 2 N–H and O–H groups in total. The quantitative estimate of drug-likeness (QED) is 0.598. The van der Waals surface area contributed by atoms with Crippen LogP contribution in [0.25, 0.3) is 0 Å². The Bertz CT molecular complexity index is 768. The predicted octanol–water partition coefficient (Wildman–Crippen LogP) is 2.40. The van der Waals surface area contributed by atoms with Gasteiger partial charge in [-0.25, -0.2) is 4.79 Å². The van der Waals surface area contributed by atoms with Gasteiger partial charge in [0.15, 0.2) is 0 Å². The number of hydrogen-bond donors (Lipinski definition) is 2. The molecule has 0 aliphatic heterocycles. The zero-order valence-corrected chi connectivity index (χ0v) is 16.5. The summed E-state index contributed by atoms with van der Waals surface area (Å²) in [4.78, 5) is 36.0. The Morgan fingerprint density at radius 1 is 1.00 bits per heavy atom. The van der Waals surface area contributed by atoms with Crippen LogP contribution in [-0.2, 0) is 20.1 Å². The number of amides is 2. The van der Waals surface area contributed by atoms with Gasteiger partial charge in [0.05, 0.1) is 7.11 Å². The number of ether oxygens (including phenoxy) is 1. The molecule has 0 unspecified atom stereocenters. The van der Waals surface area contributed by atoms with E-state index in [1.165, 1.54) is 7.11 Å². The fourth-order valence-electron chi connectivity index (χ4n) is 2.43. The Balaban J connectivity index is 1.75. The van der Waals surface area contributed by atoms with Gasteiger partial charge in [0.2, 0.25) is 5.91 Å². The van der Waals surface area contributed by atoms with Crippen LogP contribution in [0.3, 0.4) is 0 Å². The second kappa shape index (κ2) is 11.8. The van der Waals surface area contributed by atoms with Crippen molar-refractivity contribution < 1.29 is 19.1 Å². The Morgan fingerprint density at radius 3 is 2.29 bits per heavy atom. The van der Waals surface area contributed by atoms with Crippen molar-refractivity contribution in [1.82, 2.24) is 10.6 Å². The second-order valence-electron chi connectivity index (χ2n) is 6.02. The normalized spacial score (nSPS) is 11.3. The standard InChI is InChI=1S/C21H24N2O4S/c1-27-21(26)18(15-28-14-16-8-4-2-5-9-16)23-19(24)12-13-22-20(25)17-10-6-3-7-11-17/h2-11,18H,12-15H2,1H3,(H,22,25)(H,23,24)/t18-/m1/s1. The van der Waals surface area contributed by atoms with E-state index < -0.39 is 12.0 Å². The first-order valence-corrected chi connectivity index (χ1v) is 10.1. The second-order valence-corrected chi connectivity index (χ2v) is 7.05. The Labute approximate surface area is 169 Å². The maximum atomic E-state index is 12.1. The number of benzene rings is 2. The topological polar surface area (TPSA) is 84.5 Å². The molecule has 0 saturated heterocycles. The summed E-state index contributed by atoms with van der Waals surface area (Å²) in [6.07, 6.45) is 0.0788. The van der Waals surface area contributed by atoms with E-state index >= 15 is 0 Å². The van der Waals surface area contributed by atoms with Gasteiger partial charge in [-0.05, 0) is 17.7 Å². The van der Waals surface area contributed by atoms with Crippen molar-refractivity contribution in [2.45, 2.75) is 18.2 Å². The minimum atomic E-state index is -0.726. The van der Waals surface area contributed by atoms with E-state index in [0.29, 0.717) is 11.3 Å². The Hall–Kier alpha value is -2.80. The lowest BCUT2D eigenvalue weighted by molar-refractivity contribution is -0.144. The summed E-state index contributed by atoms with van der Waals surface area (Å²) in [5.41, 5.74) is 1.68. The molecule has 0 fully saturated rings. The molecule has 7 heteroatoms. The lowest BCUT2D eigenvalue weighted by Gasteiger charge is -2.16. The fraction of sp³-hybridized carbons (Fsp3) is 0.286. The highest BCUT2D eigenvalue weighted by Crippen LogP contribution is 2.13. The highest BCUT2D eigenvalue weighted by Gasteiger charge is 2.21. The van der Waals surface area contributed by atoms with Crippen LogP contribution >= 0.6 is 11.8 Å². The molecule has 0 saturated carbocycles. The molecule has 1 atom stereocenters. The Kier molecular flexibility index (Phi) is 9.07. The average molecular weight is 401 g/mol. The third kappa shape index (κ3) is 7.44. The molecule has 0 heterocycles. The summed E-state index contributed by atoms with van der Waals surface area (Å²) in [5.74, 6) is 0.101. The van der Waals surface area contributed by atoms with E-state index in [2.05, 4.69) is 10.6 Å². The highest BCUT2D eigenvalue weighted by molar-refractivity contribution is 7.98. The number of thioether (sulfide) groups is 1. The number of hydrogen-bond acceptors (Lipinski definition) is 5. The summed E-state index contributed by atoms with van der Waals surface area (Å²) in [5, 5.41) is 5.37. The minimum absolute atomic E-state index is 0.0788. The van der Waals surface area contributed by atoms with Crippen molar-refractivity contribution in [2.75, 3.05) is 19.4 Å². The van der Waals surface area contributed by atoms with Gasteiger partial charge in [-0.15, -0.1) is 0 Å². The van der Waals surface area contributed by atoms with Crippen LogP contribution < -0.4 is 10.6 Å². The van der Waals surface area contributed by atoms with Gasteiger partial charge < -0.3 is 15.4 Å². The van der Waals surface area contributed by atoms with E-state index in [-0.39, 0.29) is 24.8 Å². The molecule has 6 nitrogen and oxygen atoms in total. The number of carbonyl (C=O) groups excluding carboxylic acids is 3. The van der Waals surface area contributed by atoms with E-state index in [1.54, 1.807) is 36.0 Å². The number of esters is 1. The van der Waals surface area contributed by atoms with E-state index in [1.807, 2.05) is 36.4 Å². The van der Waals surface area contributed by atoms with Gasteiger partial charge >= 0.3 is 5.97 Å². The van der Waals surface area contributed by atoms with Gasteiger partial charge in [0, 0.05) is 30.0 Å². The molecule has 2 aromatic carbocycles. The molecule has 0 aliphatic carbocycles. The predicted molar refractivity (Wildman–Crippen MR) is 110 cm³/mol. The molecule has 0 spiro atoms. The molecule has 2 rings (SSSR count). The molecule has 0 aromatic heterocycles. The van der Waals surface area contributed by atoms with Gasteiger partial charge in [-0.1, -0.05) is 48.5 Å². The van der Waals surface area contributed by atoms with Gasteiger partial charge in [-0.2, -0.15) is 11.8 Å². The third-order valence-corrected chi connectivity index (χ3v) is 5.00. The third-order valence-electron chi connectivity index (χ3n) is 3.89. The summed E-state index contributed by atoms with van der Waals surface area (Å²) in [6, 6.07) is 17.9. The van der Waals surface area contributed by atoms with E-state index in [0.717, 1.165) is 11.3 Å². The van der Waals surface area contributed by atoms with Crippen molar-refractivity contribution in [2.24, 2.45) is 0 Å². The first kappa shape index (κ1) is 21.5. The first-order valence-electron chi connectivity index (χ1n) is 8.92. The lowest BCUT2D eigenvalue weighted by atomic mass is 10.2. The number of carbonyl (C=O) groups is 3. The summed E-state index contributed by atoms with van der Waals surface area (Å²) >= 11 is 1.54. The molecule has 0 bridgehead atoms. The van der Waals surface area contributed by atoms with Gasteiger partial charge in [-0.3, -0.25) is 9.59 Å². The summed E-state index contributed by atoms with van der Waals surface area (Å²) in [6.45, 7) is 0.185. The van der Waals surface area contributed by atoms with Crippen LogP contribution in [0.5, 0.6) is 0 Å². The van der Waals surface area contributed by atoms with Crippen molar-refractivity contribution in [3.8, 4) is 0 Å². The van der Waals surface area contributed by atoms with Crippen molar-refractivity contribution in [3.05, 3.63) is 71.8 Å². The number of nitrogens with one attached hydrogen (secondary N) is 2. The Morgan fingerprint density at radius 2 is 1.64 bits per heavy atom. The van der Waals surface area contributed by atoms with Crippen LogP contribution in [0.4, 0.5) is 0 Å². The van der Waals surface area contributed by atoms with E-state index in [9.17, 15) is 14.4 Å². The maximum Gasteiger partial charge on any atom is 0.329 e. The number of methoxy groups -OCH3 is 1. The zero-order chi connectivity index (χ0) is 20.2. The molecule has 148 valence electrons. The monoisotopic (exact) mass is 400 g/mol. The molecular formula is C21H24N2O4S. The molecule has 2 amide bonds. The van der Waals surface area contributed by atoms with Crippen molar-refractivity contribution in [1.29, 1.82) is 0 Å². The maximum absolute atomic E-state index is 12.1. The van der Waals surface area contributed by atoms with Crippen molar-refractivity contribution in [3.63, 3.8) is 0 Å². The van der Waals surface area contributed by atoms with Crippen LogP contribution in [0.1, 0.15) is 22.3 Å². The SMILES string of the molecule is COC(=O)[C@@H](CSCc1ccccc1)NC(=O)CCNC(=O)c1ccccc1. The lowest BCUT2D eigenvalue weighted by Crippen LogP contribution is -2.44. The smallest absolute Gasteiger partial charge is 0.329 e. The van der Waals surface area contributed by atoms with Gasteiger partial charge in [0.25, 0.3) is 5.91 Å². The summed E-state index contributed by atoms with van der Waals surface area (Å²) < 4.78 is 4.78. The molecule has 28 heavy (non-hydrogen) atoms. The first-order chi connectivity index (χ1) is 13.6. The largest absolute Gasteiger partial charge is 0.467 e. The van der Waals surface area contributed by atoms with Crippen molar-refractivity contribution >= 4 is 29.5 Å². The van der Waals surface area contributed by atoms with Crippen LogP contribution in [0.15, 0.2) is 60.7 Å². The minimum Gasteiger partial charge on any atom is -0.467 e. The molecular weight excluding hydrogens is 376 g/mol. The van der Waals surface area contributed by atoms with E-state index in [4.69, 9.17) is 4.74 Å². The highest BCUT2D eigenvalue weighted by atomic mass is 32.2. The molecule has 0 aliphatic rings. The number of rotatable bonds is 10.